The SMILES string of the molecule is C[C@H](N)c1cccc(C(=O)N(C)C)c1. The molecule has 0 aliphatic rings. The number of carbonyl (C=O) groups excluding carboxylic acids is 1. The lowest BCUT2D eigenvalue weighted by Crippen LogP contribution is -2.22. The van der Waals surface area contributed by atoms with Gasteiger partial charge in [-0.05, 0) is 24.6 Å². The summed E-state index contributed by atoms with van der Waals surface area (Å²) in [7, 11) is 3.47. The number of rotatable bonds is 2. The van der Waals surface area contributed by atoms with Crippen LogP contribution in [0.5, 0.6) is 0 Å². The van der Waals surface area contributed by atoms with Crippen LogP contribution in [0.2, 0.25) is 0 Å². The lowest BCUT2D eigenvalue weighted by atomic mass is 10.1. The summed E-state index contributed by atoms with van der Waals surface area (Å²) in [5, 5.41) is 0. The van der Waals surface area contributed by atoms with Crippen molar-refractivity contribution in [2.24, 2.45) is 5.73 Å². The summed E-state index contributed by atoms with van der Waals surface area (Å²) in [6.07, 6.45) is 0. The molecule has 0 saturated carbocycles. The van der Waals surface area contributed by atoms with Crippen molar-refractivity contribution in [1.29, 1.82) is 0 Å². The number of nitrogens with two attached hydrogens (primary N) is 1. The molecule has 2 N–H and O–H groups in total. The highest BCUT2D eigenvalue weighted by Gasteiger charge is 2.08. The van der Waals surface area contributed by atoms with E-state index >= 15 is 0 Å². The number of nitrogens with zero attached hydrogens (tertiary/aromatic N) is 1. The first-order valence-corrected chi connectivity index (χ1v) is 4.59. The smallest absolute Gasteiger partial charge is 0.253 e. The van der Waals surface area contributed by atoms with Crippen LogP contribution in [0.25, 0.3) is 0 Å². The Morgan fingerprint density at radius 3 is 2.57 bits per heavy atom. The molecule has 1 atom stereocenters. The van der Waals surface area contributed by atoms with E-state index in [0.717, 1.165) is 5.56 Å². The number of carbonyl (C=O) groups is 1. The molecular formula is C11H16N2O. The summed E-state index contributed by atoms with van der Waals surface area (Å²) < 4.78 is 0. The molecule has 0 heterocycles. The minimum atomic E-state index is -0.0371. The second-order valence-corrected chi connectivity index (χ2v) is 3.61. The molecule has 3 heteroatoms. The Hall–Kier alpha value is -1.35. The van der Waals surface area contributed by atoms with Gasteiger partial charge >= 0.3 is 0 Å². The largest absolute Gasteiger partial charge is 0.345 e. The van der Waals surface area contributed by atoms with E-state index in [1.165, 1.54) is 0 Å². The number of hydrogen-bond donors (Lipinski definition) is 1. The third-order valence-electron chi connectivity index (χ3n) is 2.07. The van der Waals surface area contributed by atoms with Gasteiger partial charge in [-0.1, -0.05) is 12.1 Å². The van der Waals surface area contributed by atoms with Crippen molar-refractivity contribution in [3.63, 3.8) is 0 Å². The van der Waals surface area contributed by atoms with E-state index in [9.17, 15) is 4.79 Å². The van der Waals surface area contributed by atoms with Crippen molar-refractivity contribution >= 4 is 5.91 Å². The molecule has 0 bridgehead atoms. The summed E-state index contributed by atoms with van der Waals surface area (Å²) in [5.41, 5.74) is 7.40. The Labute approximate surface area is 84.5 Å². The van der Waals surface area contributed by atoms with Crippen molar-refractivity contribution in [3.05, 3.63) is 35.4 Å². The number of amides is 1. The summed E-state index contributed by atoms with van der Waals surface area (Å²) in [6.45, 7) is 1.90. The van der Waals surface area contributed by atoms with Gasteiger partial charge in [0.25, 0.3) is 5.91 Å². The maximum atomic E-state index is 11.6. The van der Waals surface area contributed by atoms with Gasteiger partial charge in [-0.3, -0.25) is 4.79 Å². The zero-order valence-electron chi connectivity index (χ0n) is 8.82. The zero-order chi connectivity index (χ0) is 10.7. The van der Waals surface area contributed by atoms with Crippen LogP contribution in [0.3, 0.4) is 0 Å². The van der Waals surface area contributed by atoms with Gasteiger partial charge < -0.3 is 10.6 Å². The zero-order valence-corrected chi connectivity index (χ0v) is 8.82. The lowest BCUT2D eigenvalue weighted by Gasteiger charge is -2.12. The van der Waals surface area contributed by atoms with Gasteiger partial charge in [-0.2, -0.15) is 0 Å². The molecule has 0 spiro atoms. The van der Waals surface area contributed by atoms with Crippen LogP contribution in [0.15, 0.2) is 24.3 Å². The van der Waals surface area contributed by atoms with Crippen LogP contribution >= 0.6 is 0 Å². The Kier molecular flexibility index (Phi) is 3.25. The summed E-state index contributed by atoms with van der Waals surface area (Å²) in [5.74, 6) is 0.00694. The molecule has 0 saturated heterocycles. The van der Waals surface area contributed by atoms with Crippen molar-refractivity contribution in [1.82, 2.24) is 4.90 Å². The molecule has 1 amide bonds. The fourth-order valence-corrected chi connectivity index (χ4v) is 1.21. The standard InChI is InChI=1S/C11H16N2O/c1-8(12)9-5-4-6-10(7-9)11(14)13(2)3/h4-8H,12H2,1-3H3/t8-/m0/s1. The first kappa shape index (κ1) is 10.7. The van der Waals surface area contributed by atoms with E-state index in [1.807, 2.05) is 25.1 Å². The molecule has 0 aliphatic heterocycles. The Bertz CT molecular complexity index is 332. The lowest BCUT2D eigenvalue weighted by molar-refractivity contribution is 0.0827. The number of hydrogen-bond acceptors (Lipinski definition) is 2. The van der Waals surface area contributed by atoms with Gasteiger partial charge in [-0.15, -0.1) is 0 Å². The molecule has 0 radical (unpaired) electrons. The molecule has 1 aromatic rings. The van der Waals surface area contributed by atoms with E-state index in [0.29, 0.717) is 5.56 Å². The molecule has 76 valence electrons. The summed E-state index contributed by atoms with van der Waals surface area (Å²) in [4.78, 5) is 13.2. The maximum absolute atomic E-state index is 11.6. The van der Waals surface area contributed by atoms with E-state index in [-0.39, 0.29) is 11.9 Å². The van der Waals surface area contributed by atoms with Gasteiger partial charge in [0.1, 0.15) is 0 Å². The molecule has 3 nitrogen and oxygen atoms in total. The second kappa shape index (κ2) is 4.24. The third-order valence-corrected chi connectivity index (χ3v) is 2.07. The first-order valence-electron chi connectivity index (χ1n) is 4.59. The van der Waals surface area contributed by atoms with Crippen molar-refractivity contribution in [3.8, 4) is 0 Å². The Morgan fingerprint density at radius 2 is 2.07 bits per heavy atom. The molecule has 0 unspecified atom stereocenters. The Morgan fingerprint density at radius 1 is 1.43 bits per heavy atom. The summed E-state index contributed by atoms with van der Waals surface area (Å²) in [6, 6.07) is 7.39. The molecule has 0 fully saturated rings. The Balaban J connectivity index is 3.00. The predicted molar refractivity (Wildman–Crippen MR) is 57.1 cm³/mol. The van der Waals surface area contributed by atoms with E-state index in [4.69, 9.17) is 5.73 Å². The minimum absolute atomic E-state index is 0.00694. The highest BCUT2D eigenvalue weighted by atomic mass is 16.2. The van der Waals surface area contributed by atoms with Crippen molar-refractivity contribution < 1.29 is 4.79 Å². The monoisotopic (exact) mass is 192 g/mol. The number of benzene rings is 1. The predicted octanol–water partition coefficient (Wildman–Crippen LogP) is 1.41. The quantitative estimate of drug-likeness (QED) is 0.770. The molecule has 1 rings (SSSR count). The van der Waals surface area contributed by atoms with E-state index in [1.54, 1.807) is 25.1 Å². The van der Waals surface area contributed by atoms with Gasteiger partial charge in [0.2, 0.25) is 0 Å². The third kappa shape index (κ3) is 2.33. The fraction of sp³-hybridized carbons (Fsp3) is 0.364. The van der Waals surface area contributed by atoms with Crippen LogP contribution in [-0.2, 0) is 0 Å². The van der Waals surface area contributed by atoms with Gasteiger partial charge in [0.15, 0.2) is 0 Å². The van der Waals surface area contributed by atoms with Crippen LogP contribution < -0.4 is 5.73 Å². The highest BCUT2D eigenvalue weighted by molar-refractivity contribution is 5.94. The molecule has 0 aromatic heterocycles. The van der Waals surface area contributed by atoms with Gasteiger partial charge in [0.05, 0.1) is 0 Å². The van der Waals surface area contributed by atoms with Gasteiger partial charge in [-0.25, -0.2) is 0 Å². The molecule has 0 aliphatic carbocycles. The van der Waals surface area contributed by atoms with Crippen LogP contribution in [0, 0.1) is 0 Å². The topological polar surface area (TPSA) is 46.3 Å². The van der Waals surface area contributed by atoms with Crippen molar-refractivity contribution in [2.75, 3.05) is 14.1 Å². The fourth-order valence-electron chi connectivity index (χ4n) is 1.21. The van der Waals surface area contributed by atoms with Gasteiger partial charge in [0, 0.05) is 25.7 Å². The minimum Gasteiger partial charge on any atom is -0.345 e. The van der Waals surface area contributed by atoms with Crippen LogP contribution in [0.4, 0.5) is 0 Å². The molecular weight excluding hydrogens is 176 g/mol. The molecule has 1 aromatic carbocycles. The normalized spacial score (nSPS) is 12.3. The first-order chi connectivity index (χ1) is 6.52. The second-order valence-electron chi connectivity index (χ2n) is 3.61. The van der Waals surface area contributed by atoms with Crippen LogP contribution in [0.1, 0.15) is 28.9 Å². The molecule has 14 heavy (non-hydrogen) atoms. The van der Waals surface area contributed by atoms with Crippen LogP contribution in [-0.4, -0.2) is 24.9 Å². The average molecular weight is 192 g/mol. The van der Waals surface area contributed by atoms with E-state index < -0.39 is 0 Å². The van der Waals surface area contributed by atoms with E-state index in [2.05, 4.69) is 0 Å². The maximum Gasteiger partial charge on any atom is 0.253 e. The summed E-state index contributed by atoms with van der Waals surface area (Å²) >= 11 is 0. The van der Waals surface area contributed by atoms with Crippen molar-refractivity contribution in [2.45, 2.75) is 13.0 Å². The highest BCUT2D eigenvalue weighted by Crippen LogP contribution is 2.12. The average Bonchev–Trinajstić information content (AvgIpc) is 2.16.